The lowest BCUT2D eigenvalue weighted by molar-refractivity contribution is -0.134. The molecular weight excluding hydrogens is 369 g/mol. The minimum atomic E-state index is -3.04. The van der Waals surface area contributed by atoms with Crippen molar-refractivity contribution in [1.82, 2.24) is 4.90 Å². The van der Waals surface area contributed by atoms with Crippen molar-refractivity contribution in [2.75, 3.05) is 11.5 Å². The molecule has 4 nitrogen and oxygen atoms in total. The fourth-order valence-electron chi connectivity index (χ4n) is 3.83. The first-order valence-corrected chi connectivity index (χ1v) is 10.9. The van der Waals surface area contributed by atoms with Crippen LogP contribution < -0.4 is 0 Å². The lowest BCUT2D eigenvalue weighted by atomic mass is 10.1. The number of rotatable bonds is 4. The van der Waals surface area contributed by atoms with E-state index < -0.39 is 9.84 Å². The van der Waals surface area contributed by atoms with Crippen molar-refractivity contribution < 1.29 is 13.2 Å². The van der Waals surface area contributed by atoms with Gasteiger partial charge in [0.25, 0.3) is 0 Å². The molecule has 132 valence electrons. The number of benzene rings is 1. The van der Waals surface area contributed by atoms with Gasteiger partial charge in [-0.2, -0.15) is 0 Å². The Hall–Kier alpha value is -0.780. The van der Waals surface area contributed by atoms with E-state index in [1.165, 1.54) is 0 Å². The summed E-state index contributed by atoms with van der Waals surface area (Å²) in [5.41, 5.74) is 0.620. The topological polar surface area (TPSA) is 54.5 Å². The van der Waals surface area contributed by atoms with Crippen LogP contribution in [-0.4, -0.2) is 42.8 Å². The van der Waals surface area contributed by atoms with Gasteiger partial charge < -0.3 is 4.90 Å². The molecule has 1 aromatic carbocycles. The van der Waals surface area contributed by atoms with E-state index in [0.717, 1.165) is 25.7 Å². The van der Waals surface area contributed by atoms with Crippen molar-refractivity contribution in [3.63, 3.8) is 0 Å². The third kappa shape index (κ3) is 3.89. The minimum Gasteiger partial charge on any atom is -0.335 e. The fraction of sp³-hybridized carbons (Fsp3) is 0.588. The van der Waals surface area contributed by atoms with E-state index in [0.29, 0.717) is 22.0 Å². The number of sulfone groups is 1. The fourth-order valence-corrected chi connectivity index (χ4v) is 6.07. The quantitative estimate of drug-likeness (QED) is 0.791. The van der Waals surface area contributed by atoms with Gasteiger partial charge in [0.15, 0.2) is 9.84 Å². The summed E-state index contributed by atoms with van der Waals surface area (Å²) in [6, 6.07) is 5.10. The minimum absolute atomic E-state index is 0.0704. The molecule has 3 rings (SSSR count). The van der Waals surface area contributed by atoms with E-state index in [2.05, 4.69) is 0 Å². The maximum Gasteiger partial charge on any atom is 0.227 e. The van der Waals surface area contributed by atoms with Gasteiger partial charge in [0.1, 0.15) is 0 Å². The highest BCUT2D eigenvalue weighted by Gasteiger charge is 2.39. The molecule has 0 unspecified atom stereocenters. The van der Waals surface area contributed by atoms with Gasteiger partial charge in [-0.05, 0) is 37.0 Å². The lowest BCUT2D eigenvalue weighted by Gasteiger charge is -2.34. The van der Waals surface area contributed by atoms with Crippen LogP contribution in [0.3, 0.4) is 0 Å². The standard InChI is InChI=1S/C17H21Cl2NO3S/c18-15-6-3-7-16(19)14(15)10-17(21)20(12-4-1-2-5-12)13-8-9-24(22,23)11-13/h3,6-7,12-13H,1-2,4-5,8-11H2/t13-/m1/s1. The van der Waals surface area contributed by atoms with Gasteiger partial charge in [0, 0.05) is 22.1 Å². The van der Waals surface area contributed by atoms with Gasteiger partial charge in [-0.15, -0.1) is 0 Å². The van der Waals surface area contributed by atoms with E-state index in [1.807, 2.05) is 4.90 Å². The highest BCUT2D eigenvalue weighted by atomic mass is 35.5. The van der Waals surface area contributed by atoms with Crippen LogP contribution in [0, 0.1) is 0 Å². The maximum absolute atomic E-state index is 13.0. The molecule has 1 saturated heterocycles. The molecule has 1 saturated carbocycles. The van der Waals surface area contributed by atoms with E-state index in [1.54, 1.807) is 18.2 Å². The third-order valence-corrected chi connectivity index (χ3v) is 7.46. The molecule has 2 fully saturated rings. The van der Waals surface area contributed by atoms with Crippen molar-refractivity contribution in [3.05, 3.63) is 33.8 Å². The van der Waals surface area contributed by atoms with Crippen LogP contribution in [0.15, 0.2) is 18.2 Å². The van der Waals surface area contributed by atoms with E-state index >= 15 is 0 Å². The van der Waals surface area contributed by atoms with Crippen LogP contribution in [0.5, 0.6) is 0 Å². The zero-order valence-corrected chi connectivity index (χ0v) is 15.7. The molecule has 1 aliphatic heterocycles. The third-order valence-electron chi connectivity index (χ3n) is 5.00. The zero-order chi connectivity index (χ0) is 17.3. The van der Waals surface area contributed by atoms with Crippen LogP contribution in [0.2, 0.25) is 10.0 Å². The maximum atomic E-state index is 13.0. The monoisotopic (exact) mass is 389 g/mol. The Balaban J connectivity index is 1.84. The van der Waals surface area contributed by atoms with E-state index in [4.69, 9.17) is 23.2 Å². The molecule has 1 aliphatic carbocycles. The van der Waals surface area contributed by atoms with Crippen LogP contribution in [0.4, 0.5) is 0 Å². The average Bonchev–Trinajstić information content (AvgIpc) is 3.14. The Morgan fingerprint density at radius 1 is 1.08 bits per heavy atom. The van der Waals surface area contributed by atoms with Gasteiger partial charge in [-0.25, -0.2) is 8.42 Å². The Bertz CT molecular complexity index is 709. The number of carbonyl (C=O) groups excluding carboxylic acids is 1. The number of nitrogens with zero attached hydrogens (tertiary/aromatic N) is 1. The van der Waals surface area contributed by atoms with E-state index in [9.17, 15) is 13.2 Å². The molecule has 24 heavy (non-hydrogen) atoms. The average molecular weight is 390 g/mol. The summed E-state index contributed by atoms with van der Waals surface area (Å²) in [6.07, 6.45) is 4.70. The van der Waals surface area contributed by atoms with Crippen molar-refractivity contribution >= 4 is 38.9 Å². The van der Waals surface area contributed by atoms with Gasteiger partial charge in [0.2, 0.25) is 5.91 Å². The molecule has 0 bridgehead atoms. The van der Waals surface area contributed by atoms with Crippen molar-refractivity contribution in [3.8, 4) is 0 Å². The molecule has 7 heteroatoms. The molecule has 1 amide bonds. The second-order valence-corrected chi connectivity index (χ2v) is 9.72. The number of halogens is 2. The second kappa shape index (κ2) is 7.22. The number of amides is 1. The largest absolute Gasteiger partial charge is 0.335 e. The summed E-state index contributed by atoms with van der Waals surface area (Å²) >= 11 is 12.4. The van der Waals surface area contributed by atoms with Crippen molar-refractivity contribution in [1.29, 1.82) is 0 Å². The smallest absolute Gasteiger partial charge is 0.227 e. The zero-order valence-electron chi connectivity index (χ0n) is 13.4. The summed E-state index contributed by atoms with van der Waals surface area (Å²) in [6.45, 7) is 0. The highest BCUT2D eigenvalue weighted by Crippen LogP contribution is 2.31. The van der Waals surface area contributed by atoms with Gasteiger partial charge >= 0.3 is 0 Å². The Labute approximate surface area is 153 Å². The molecule has 0 spiro atoms. The Morgan fingerprint density at radius 2 is 1.71 bits per heavy atom. The van der Waals surface area contributed by atoms with Gasteiger partial charge in [-0.1, -0.05) is 42.1 Å². The van der Waals surface area contributed by atoms with Crippen LogP contribution in [-0.2, 0) is 21.1 Å². The van der Waals surface area contributed by atoms with Crippen LogP contribution in [0.1, 0.15) is 37.7 Å². The van der Waals surface area contributed by atoms with Crippen LogP contribution >= 0.6 is 23.2 Å². The predicted molar refractivity (Wildman–Crippen MR) is 96.3 cm³/mol. The normalized spacial score (nSPS) is 23.5. The predicted octanol–water partition coefficient (Wildman–Crippen LogP) is 3.49. The first kappa shape index (κ1) is 18.0. The van der Waals surface area contributed by atoms with Gasteiger partial charge in [-0.3, -0.25) is 4.79 Å². The molecule has 0 radical (unpaired) electrons. The Kier molecular flexibility index (Phi) is 5.42. The van der Waals surface area contributed by atoms with Gasteiger partial charge in [0.05, 0.1) is 17.9 Å². The molecule has 0 aromatic heterocycles. The van der Waals surface area contributed by atoms with Crippen molar-refractivity contribution in [2.24, 2.45) is 0 Å². The molecule has 1 atom stereocenters. The summed E-state index contributed by atoms with van der Waals surface area (Å²) in [5, 5.41) is 0.947. The molecule has 1 aromatic rings. The number of hydrogen-bond donors (Lipinski definition) is 0. The summed E-state index contributed by atoms with van der Waals surface area (Å²) < 4.78 is 23.7. The number of hydrogen-bond acceptors (Lipinski definition) is 3. The molecule has 2 aliphatic rings. The lowest BCUT2D eigenvalue weighted by Crippen LogP contribution is -2.47. The second-order valence-electron chi connectivity index (χ2n) is 6.67. The molecule has 1 heterocycles. The SMILES string of the molecule is O=C(Cc1c(Cl)cccc1Cl)N(C1CCCC1)[C@@H]1CCS(=O)(=O)C1. The first-order valence-electron chi connectivity index (χ1n) is 8.32. The van der Waals surface area contributed by atoms with Crippen LogP contribution in [0.25, 0.3) is 0 Å². The Morgan fingerprint density at radius 3 is 2.25 bits per heavy atom. The molecular formula is C17H21Cl2NO3S. The first-order chi connectivity index (χ1) is 11.4. The summed E-state index contributed by atoms with van der Waals surface area (Å²) in [5.74, 6) is 0.172. The summed E-state index contributed by atoms with van der Waals surface area (Å²) in [7, 11) is -3.04. The van der Waals surface area contributed by atoms with E-state index in [-0.39, 0.29) is 35.9 Å². The highest BCUT2D eigenvalue weighted by molar-refractivity contribution is 7.91. The number of carbonyl (C=O) groups is 1. The molecule has 0 N–H and O–H groups in total. The summed E-state index contributed by atoms with van der Waals surface area (Å²) in [4.78, 5) is 14.8. The van der Waals surface area contributed by atoms with Crippen molar-refractivity contribution in [2.45, 2.75) is 50.6 Å².